The third-order valence-electron chi connectivity index (χ3n) is 6.95. The van der Waals surface area contributed by atoms with E-state index in [0.29, 0.717) is 46.5 Å². The third-order valence-corrected chi connectivity index (χ3v) is 8.63. The van der Waals surface area contributed by atoms with Gasteiger partial charge in [-0.15, -0.1) is 0 Å². The first-order valence-corrected chi connectivity index (χ1v) is 14.8. The van der Waals surface area contributed by atoms with Crippen molar-refractivity contribution in [3.63, 3.8) is 0 Å². The van der Waals surface area contributed by atoms with Crippen molar-refractivity contribution in [2.75, 3.05) is 13.7 Å². The fourth-order valence-corrected chi connectivity index (χ4v) is 5.87. The summed E-state index contributed by atoms with van der Waals surface area (Å²) in [6.07, 6.45) is 3.78. The number of halogens is 1. The zero-order chi connectivity index (χ0) is 27.9. The molecule has 0 bridgehead atoms. The van der Waals surface area contributed by atoms with Crippen molar-refractivity contribution in [2.24, 2.45) is 5.92 Å². The van der Waals surface area contributed by atoms with Crippen LogP contribution in [0.5, 0.6) is 11.5 Å². The summed E-state index contributed by atoms with van der Waals surface area (Å²) >= 11 is -1.10. The maximum Gasteiger partial charge on any atom is 0.306 e. The predicted octanol–water partition coefficient (Wildman–Crippen LogP) is 7.78. The van der Waals surface area contributed by atoms with Gasteiger partial charge >= 0.3 is 5.97 Å². The summed E-state index contributed by atoms with van der Waals surface area (Å²) in [4.78, 5) is 12.9. The maximum absolute atomic E-state index is 14.8. The highest BCUT2D eigenvalue weighted by Crippen LogP contribution is 2.41. The van der Waals surface area contributed by atoms with Gasteiger partial charge in [0, 0.05) is 17.2 Å². The van der Waals surface area contributed by atoms with Gasteiger partial charge < -0.3 is 14.2 Å². The highest BCUT2D eigenvalue weighted by Gasteiger charge is 2.30. The molecule has 1 fully saturated rings. The molecule has 0 heterocycles. The average molecular weight is 554 g/mol. The Bertz CT molecular complexity index is 1270. The minimum atomic E-state index is -1.10. The minimum Gasteiger partial charge on any atom is -0.497 e. The number of benzene rings is 3. The standard InChI is InChI=1S/C32H38FO5S/c1-5-37-32(34)18-25(15-22-9-10-22)24-7-6-8-27(17-24)38-20-23-11-13-28(31(16-23)39(35)21(2)3)29-19-26(36-4)12-14-30(29)33/h6-8,11-14,16-17,19,21-22,25,35H,5,9-10,15,18,20H2,1-4H3/q+1/t25-,39?/m1/s1. The summed E-state index contributed by atoms with van der Waals surface area (Å²) in [5.74, 6) is 1.50. The molecule has 1 N–H and O–H groups in total. The Morgan fingerprint density at radius 3 is 2.54 bits per heavy atom. The van der Waals surface area contributed by atoms with Crippen LogP contribution >= 0.6 is 0 Å². The summed E-state index contributed by atoms with van der Waals surface area (Å²) in [6, 6.07) is 18.2. The molecule has 1 aliphatic rings. The minimum absolute atomic E-state index is 0.0342. The number of esters is 1. The molecule has 5 nitrogen and oxygen atoms in total. The fourth-order valence-electron chi connectivity index (χ4n) is 4.68. The number of hydrogen-bond acceptors (Lipinski definition) is 5. The van der Waals surface area contributed by atoms with Crippen LogP contribution in [0.15, 0.2) is 65.6 Å². The van der Waals surface area contributed by atoms with Gasteiger partial charge in [0.2, 0.25) is 0 Å². The molecule has 0 spiro atoms. The Morgan fingerprint density at radius 1 is 1.05 bits per heavy atom. The average Bonchev–Trinajstić information content (AvgIpc) is 3.76. The first-order valence-electron chi connectivity index (χ1n) is 13.6. The molecule has 3 aromatic rings. The molecule has 208 valence electrons. The van der Waals surface area contributed by atoms with Gasteiger partial charge in [0.15, 0.2) is 21.3 Å². The van der Waals surface area contributed by atoms with Gasteiger partial charge in [-0.3, -0.25) is 4.79 Å². The molecule has 0 saturated heterocycles. The number of carbonyl (C=O) groups is 1. The van der Waals surface area contributed by atoms with Crippen LogP contribution in [0, 0.1) is 11.7 Å². The Morgan fingerprint density at radius 2 is 1.85 bits per heavy atom. The van der Waals surface area contributed by atoms with Crippen molar-refractivity contribution in [2.45, 2.75) is 69.1 Å². The number of methoxy groups -OCH3 is 1. The van der Waals surface area contributed by atoms with Crippen LogP contribution in [0.25, 0.3) is 11.1 Å². The molecule has 1 unspecified atom stereocenters. The largest absolute Gasteiger partial charge is 0.497 e. The molecule has 0 aliphatic heterocycles. The molecule has 2 atom stereocenters. The van der Waals surface area contributed by atoms with Crippen molar-refractivity contribution in [1.29, 1.82) is 0 Å². The molecular formula is C32H38FO5S+. The second-order valence-electron chi connectivity index (χ2n) is 10.3. The van der Waals surface area contributed by atoms with E-state index in [1.54, 1.807) is 19.2 Å². The maximum atomic E-state index is 14.8. The van der Waals surface area contributed by atoms with Crippen molar-refractivity contribution in [1.82, 2.24) is 0 Å². The van der Waals surface area contributed by atoms with E-state index in [1.165, 1.54) is 18.9 Å². The molecule has 7 heteroatoms. The van der Waals surface area contributed by atoms with Gasteiger partial charge in [0.05, 0.1) is 20.1 Å². The van der Waals surface area contributed by atoms with Crippen LogP contribution in [0.1, 0.15) is 63.5 Å². The van der Waals surface area contributed by atoms with Gasteiger partial charge in [-0.2, -0.15) is 4.55 Å². The Labute approximate surface area is 233 Å². The lowest BCUT2D eigenvalue weighted by Gasteiger charge is -2.18. The molecule has 3 aromatic carbocycles. The smallest absolute Gasteiger partial charge is 0.306 e. The number of hydrogen-bond donors (Lipinski definition) is 1. The zero-order valence-corrected chi connectivity index (χ0v) is 23.9. The van der Waals surface area contributed by atoms with Crippen molar-refractivity contribution in [3.8, 4) is 22.6 Å². The molecule has 1 saturated carbocycles. The van der Waals surface area contributed by atoms with Gasteiger partial charge in [0.25, 0.3) is 0 Å². The van der Waals surface area contributed by atoms with Crippen LogP contribution in [0.3, 0.4) is 0 Å². The van der Waals surface area contributed by atoms with E-state index in [4.69, 9.17) is 14.2 Å². The zero-order valence-electron chi connectivity index (χ0n) is 23.1. The van der Waals surface area contributed by atoms with Gasteiger partial charge in [-0.1, -0.05) is 31.0 Å². The Kier molecular flexibility index (Phi) is 9.92. The fraction of sp³-hybridized carbons (Fsp3) is 0.406. The lowest BCUT2D eigenvalue weighted by molar-refractivity contribution is -0.143. The lowest BCUT2D eigenvalue weighted by Crippen LogP contribution is -2.15. The second-order valence-corrected chi connectivity index (χ2v) is 12.3. The van der Waals surface area contributed by atoms with Crippen LogP contribution in [0.2, 0.25) is 0 Å². The summed E-state index contributed by atoms with van der Waals surface area (Å²) in [5, 5.41) is -0.0342. The van der Waals surface area contributed by atoms with Crippen LogP contribution in [-0.4, -0.2) is 29.5 Å². The molecule has 4 rings (SSSR count). The number of rotatable bonds is 13. The molecule has 1 aliphatic carbocycles. The van der Waals surface area contributed by atoms with E-state index < -0.39 is 11.2 Å². The molecule has 0 aromatic heterocycles. The first kappa shape index (κ1) is 29.0. The number of carbonyl (C=O) groups excluding carboxylic acids is 1. The third kappa shape index (κ3) is 7.76. The van der Waals surface area contributed by atoms with Crippen molar-refractivity contribution < 1.29 is 27.9 Å². The van der Waals surface area contributed by atoms with E-state index in [9.17, 15) is 13.7 Å². The topological polar surface area (TPSA) is 65.0 Å². The summed E-state index contributed by atoms with van der Waals surface area (Å²) in [6.45, 7) is 6.39. The molecule has 0 radical (unpaired) electrons. The van der Waals surface area contributed by atoms with Crippen LogP contribution in [-0.2, 0) is 27.3 Å². The molecule has 0 amide bonds. The molecular weight excluding hydrogens is 515 g/mol. The van der Waals surface area contributed by atoms with E-state index >= 15 is 0 Å². The molecule has 39 heavy (non-hydrogen) atoms. The highest BCUT2D eigenvalue weighted by molar-refractivity contribution is 7.92. The first-order chi connectivity index (χ1) is 18.8. The van der Waals surface area contributed by atoms with E-state index in [1.807, 2.05) is 57.2 Å². The lowest BCUT2D eigenvalue weighted by atomic mass is 9.90. The van der Waals surface area contributed by atoms with Gasteiger partial charge in [0.1, 0.15) is 23.9 Å². The summed E-state index contributed by atoms with van der Waals surface area (Å²) < 4.78 is 42.6. The van der Waals surface area contributed by atoms with Gasteiger partial charge in [-0.05, 0) is 86.6 Å². The van der Waals surface area contributed by atoms with E-state index in [2.05, 4.69) is 6.07 Å². The van der Waals surface area contributed by atoms with Crippen molar-refractivity contribution >= 4 is 17.1 Å². The number of ether oxygens (including phenoxy) is 3. The summed E-state index contributed by atoms with van der Waals surface area (Å²) in [7, 11) is 1.54. The quantitative estimate of drug-likeness (QED) is 0.173. The normalized spacial score (nSPS) is 14.6. The predicted molar refractivity (Wildman–Crippen MR) is 154 cm³/mol. The van der Waals surface area contributed by atoms with E-state index in [0.717, 1.165) is 17.5 Å². The summed E-state index contributed by atoms with van der Waals surface area (Å²) in [5.41, 5.74) is 2.98. The monoisotopic (exact) mass is 553 g/mol. The van der Waals surface area contributed by atoms with E-state index in [-0.39, 0.29) is 29.6 Å². The van der Waals surface area contributed by atoms with Crippen LogP contribution in [0.4, 0.5) is 4.39 Å². The van der Waals surface area contributed by atoms with Gasteiger partial charge in [-0.25, -0.2) is 4.39 Å². The Balaban J connectivity index is 1.55. The highest BCUT2D eigenvalue weighted by atomic mass is 32.2. The van der Waals surface area contributed by atoms with Crippen molar-refractivity contribution in [3.05, 3.63) is 77.6 Å². The second kappa shape index (κ2) is 13.4. The van der Waals surface area contributed by atoms with Crippen LogP contribution < -0.4 is 9.47 Å². The SMILES string of the molecule is CCOC(=O)C[C@@H](CC1CC1)c1cccc(OCc2ccc(-c3cc(OC)ccc3F)c([S+](O)C(C)C)c2)c1. The Hall–Kier alpha value is -3.03.